The Hall–Kier alpha value is -0.880. The molecule has 2 nitrogen and oxygen atoms in total. The Balaban J connectivity index is 1.77. The van der Waals surface area contributed by atoms with E-state index in [-0.39, 0.29) is 6.17 Å². The summed E-state index contributed by atoms with van der Waals surface area (Å²) in [6.45, 7) is 2.21. The molecule has 0 amide bonds. The molecule has 1 heterocycles. The molecule has 0 spiro atoms. The molecule has 1 rings (SSSR count). The smallest absolute Gasteiger partial charge is 0.161 e. The highest BCUT2D eigenvalue weighted by molar-refractivity contribution is 5.47. The minimum absolute atomic E-state index is 0.255. The van der Waals surface area contributed by atoms with Crippen molar-refractivity contribution in [3.8, 4) is 0 Å². The summed E-state index contributed by atoms with van der Waals surface area (Å²) in [5.41, 5.74) is 0. The zero-order chi connectivity index (χ0) is 10.1. The molecule has 1 aliphatic rings. The first kappa shape index (κ1) is 11.2. The Morgan fingerprint density at radius 1 is 1.07 bits per heavy atom. The number of allylic oxidation sites excluding steroid dienone is 2. The van der Waals surface area contributed by atoms with Gasteiger partial charge in [-0.25, -0.2) is 0 Å². The third-order valence-corrected chi connectivity index (χ3v) is 2.37. The van der Waals surface area contributed by atoms with E-state index in [0.717, 1.165) is 6.42 Å². The Morgan fingerprint density at radius 3 is 2.50 bits per heavy atom. The topological polar surface area (TPSA) is 24.7 Å². The van der Waals surface area contributed by atoms with Crippen LogP contribution in [0.25, 0.3) is 0 Å². The molecular weight excluding hydrogens is 172 g/mol. The van der Waals surface area contributed by atoms with Crippen LogP contribution in [0.2, 0.25) is 0 Å². The van der Waals surface area contributed by atoms with E-state index >= 15 is 0 Å². The van der Waals surface area contributed by atoms with Gasteiger partial charge in [0.2, 0.25) is 0 Å². The summed E-state index contributed by atoms with van der Waals surface area (Å²) in [7, 11) is 0. The lowest BCUT2D eigenvalue weighted by molar-refractivity contribution is 0.557. The van der Waals surface area contributed by atoms with Crippen molar-refractivity contribution in [1.82, 2.24) is 0 Å². The number of rotatable bonds is 8. The second kappa shape index (κ2) is 7.52. The van der Waals surface area contributed by atoms with Crippen LogP contribution in [0.3, 0.4) is 0 Å². The summed E-state index contributed by atoms with van der Waals surface area (Å²) in [6.07, 6.45) is 13.6. The van der Waals surface area contributed by atoms with Crippen molar-refractivity contribution >= 4 is 6.01 Å². The molecule has 0 radical (unpaired) electrons. The van der Waals surface area contributed by atoms with E-state index in [2.05, 4.69) is 35.1 Å². The highest BCUT2D eigenvalue weighted by Gasteiger charge is 2.06. The highest BCUT2D eigenvalue weighted by atomic mass is 15.1. The summed E-state index contributed by atoms with van der Waals surface area (Å²) < 4.78 is 0. The molecule has 0 fully saturated rings. The molecule has 0 atom stereocenters. The van der Waals surface area contributed by atoms with E-state index in [9.17, 15) is 0 Å². The van der Waals surface area contributed by atoms with E-state index < -0.39 is 0 Å². The van der Waals surface area contributed by atoms with Gasteiger partial charge in [0.25, 0.3) is 0 Å². The maximum atomic E-state index is 4.00. The third-order valence-electron chi connectivity index (χ3n) is 2.37. The second-order valence-corrected chi connectivity index (χ2v) is 3.74. The van der Waals surface area contributed by atoms with Crippen LogP contribution in [0.1, 0.15) is 51.9 Å². The van der Waals surface area contributed by atoms with Gasteiger partial charge in [-0.1, -0.05) is 31.9 Å². The predicted molar refractivity (Wildman–Crippen MR) is 60.8 cm³/mol. The molecule has 0 aromatic heterocycles. The fourth-order valence-electron chi connectivity index (χ4n) is 1.44. The lowest BCUT2D eigenvalue weighted by Crippen LogP contribution is -2.05. The van der Waals surface area contributed by atoms with Gasteiger partial charge in [0.15, 0.2) is 6.17 Å². The molecular formula is C12H20N2. The first-order valence-electron chi connectivity index (χ1n) is 5.73. The molecule has 0 saturated heterocycles. The number of hydrogen-bond acceptors (Lipinski definition) is 2. The van der Waals surface area contributed by atoms with Crippen molar-refractivity contribution in [3.63, 3.8) is 0 Å². The highest BCUT2D eigenvalue weighted by Crippen LogP contribution is 2.11. The first-order valence-corrected chi connectivity index (χ1v) is 5.73. The molecule has 0 unspecified atom stereocenters. The molecule has 0 N–H and O–H groups in total. The fourth-order valence-corrected chi connectivity index (χ4v) is 1.44. The molecule has 1 aliphatic heterocycles. The van der Waals surface area contributed by atoms with Crippen LogP contribution in [0.15, 0.2) is 22.1 Å². The zero-order valence-electron chi connectivity index (χ0n) is 9.08. The van der Waals surface area contributed by atoms with E-state index in [1.54, 1.807) is 0 Å². The van der Waals surface area contributed by atoms with Gasteiger partial charge < -0.3 is 0 Å². The number of hydrogen-bond donors (Lipinski definition) is 0. The second-order valence-electron chi connectivity index (χ2n) is 3.74. The predicted octanol–water partition coefficient (Wildman–Crippen LogP) is 3.81. The summed E-state index contributed by atoms with van der Waals surface area (Å²) in [4.78, 5) is 7.99. The minimum atomic E-state index is 0.255. The van der Waals surface area contributed by atoms with Crippen LogP contribution >= 0.6 is 0 Å². The van der Waals surface area contributed by atoms with Crippen molar-refractivity contribution in [2.24, 2.45) is 9.98 Å². The molecule has 14 heavy (non-hydrogen) atoms. The van der Waals surface area contributed by atoms with E-state index in [4.69, 9.17) is 0 Å². The summed E-state index contributed by atoms with van der Waals surface area (Å²) >= 11 is 0. The van der Waals surface area contributed by atoms with Gasteiger partial charge in [-0.05, 0) is 32.1 Å². The minimum Gasteiger partial charge on any atom is -0.197 e. The van der Waals surface area contributed by atoms with Crippen LogP contribution in [-0.4, -0.2) is 12.2 Å². The van der Waals surface area contributed by atoms with E-state index in [1.165, 1.54) is 38.5 Å². The number of nitrogens with zero attached hydrogens (tertiary/aromatic N) is 2. The molecule has 2 heteroatoms. The van der Waals surface area contributed by atoms with Gasteiger partial charge in [0.05, 0.1) is 6.01 Å². The van der Waals surface area contributed by atoms with Gasteiger partial charge in [-0.15, -0.1) is 0 Å². The van der Waals surface area contributed by atoms with Crippen LogP contribution < -0.4 is 0 Å². The zero-order valence-corrected chi connectivity index (χ0v) is 9.08. The normalized spacial score (nSPS) is 15.2. The maximum Gasteiger partial charge on any atom is 0.161 e. The lowest BCUT2D eigenvalue weighted by Gasteiger charge is -2.07. The molecule has 0 aromatic rings. The van der Waals surface area contributed by atoms with Crippen molar-refractivity contribution in [2.75, 3.05) is 0 Å². The average molecular weight is 192 g/mol. The Bertz CT molecular complexity index is 216. The first-order chi connectivity index (χ1) is 6.93. The maximum absolute atomic E-state index is 4.00. The van der Waals surface area contributed by atoms with Crippen LogP contribution in [0.4, 0.5) is 0 Å². The van der Waals surface area contributed by atoms with Gasteiger partial charge in [-0.3, -0.25) is 0 Å². The lowest BCUT2D eigenvalue weighted by atomic mass is 10.1. The summed E-state index contributed by atoms with van der Waals surface area (Å²) in [5.74, 6) is 0. The molecule has 78 valence electrons. The Kier molecular flexibility index (Phi) is 6.01. The van der Waals surface area contributed by atoms with E-state index in [1.807, 2.05) is 0 Å². The van der Waals surface area contributed by atoms with E-state index in [0.29, 0.717) is 0 Å². The standard InChI is InChI=1S/C12H20N2/c1-2-3-4-5-6-7-8-9-10-12-13-11-14-12/h4-5,12H,2-3,6-10H2,1H3/b5-4+. The number of unbranched alkanes of at least 4 members (excludes halogenated alkanes) is 4. The van der Waals surface area contributed by atoms with Gasteiger partial charge in [-0.2, -0.15) is 9.98 Å². The van der Waals surface area contributed by atoms with Gasteiger partial charge in [0.1, 0.15) is 0 Å². The average Bonchev–Trinajstić information content (AvgIpc) is 2.13. The van der Waals surface area contributed by atoms with Crippen LogP contribution in [-0.2, 0) is 0 Å². The van der Waals surface area contributed by atoms with Gasteiger partial charge >= 0.3 is 0 Å². The van der Waals surface area contributed by atoms with Crippen molar-refractivity contribution in [2.45, 2.75) is 58.0 Å². The van der Waals surface area contributed by atoms with Crippen molar-refractivity contribution in [1.29, 1.82) is 0 Å². The molecule has 0 aromatic carbocycles. The largest absolute Gasteiger partial charge is 0.197 e. The molecule has 0 aliphatic carbocycles. The SMILES string of the molecule is CCC/C=C/CCCCCC1N=C=N1. The molecule has 0 saturated carbocycles. The van der Waals surface area contributed by atoms with Crippen molar-refractivity contribution in [3.05, 3.63) is 12.2 Å². The van der Waals surface area contributed by atoms with Crippen LogP contribution in [0.5, 0.6) is 0 Å². The Morgan fingerprint density at radius 2 is 1.86 bits per heavy atom. The molecule has 0 bridgehead atoms. The monoisotopic (exact) mass is 192 g/mol. The quantitative estimate of drug-likeness (QED) is 0.413. The van der Waals surface area contributed by atoms with Crippen molar-refractivity contribution < 1.29 is 0 Å². The summed E-state index contributed by atoms with van der Waals surface area (Å²) in [5, 5.41) is 0. The summed E-state index contributed by atoms with van der Waals surface area (Å²) in [6, 6.07) is 2.58. The fraction of sp³-hybridized carbons (Fsp3) is 0.750. The Labute approximate surface area is 86.8 Å². The van der Waals surface area contributed by atoms with Crippen LogP contribution in [0, 0.1) is 0 Å². The number of aliphatic imine (C=N–C) groups is 2. The third kappa shape index (κ3) is 4.98. The van der Waals surface area contributed by atoms with Gasteiger partial charge in [0, 0.05) is 0 Å².